The van der Waals surface area contributed by atoms with E-state index in [9.17, 15) is 38.2 Å². The van der Waals surface area contributed by atoms with E-state index >= 15 is 0 Å². The highest BCUT2D eigenvalue weighted by atomic mass is 31.3. The Bertz CT molecular complexity index is 1560. The topological polar surface area (TPSA) is 416 Å². The van der Waals surface area contributed by atoms with E-state index in [0.29, 0.717) is 0 Å². The molecule has 1 fully saturated rings. The Morgan fingerprint density at radius 1 is 1.05 bits per heavy atom. The first-order valence-electron chi connectivity index (χ1n) is 11.0. The molecule has 2 unspecified atom stereocenters. The highest BCUT2D eigenvalue weighted by molar-refractivity contribution is 7.66. The van der Waals surface area contributed by atoms with Gasteiger partial charge >= 0.3 is 37.2 Å². The van der Waals surface area contributed by atoms with Crippen molar-refractivity contribution in [2.75, 3.05) is 25.9 Å². The number of carboxylic acid groups (broad SMARTS) is 1. The maximum absolute atomic E-state index is 11.8. The molecule has 6 atom stereocenters. The number of nitrogens with two attached hydrogens (primary N) is 2. The quantitative estimate of drug-likeness (QED) is 0.0618. The number of phosphoric ester groups is 1. The van der Waals surface area contributed by atoms with Crippen LogP contribution < -0.4 is 11.5 Å². The molecule has 0 aliphatic carbocycles. The second kappa shape index (κ2) is 14.3. The smallest absolute Gasteiger partial charge is 0.480 e. The Morgan fingerprint density at radius 2 is 1.66 bits per heavy atom. The number of rotatable bonds is 11. The van der Waals surface area contributed by atoms with Crippen molar-refractivity contribution in [2.45, 2.75) is 24.5 Å². The first-order valence-corrected chi connectivity index (χ1v) is 17.1. The number of aliphatic carboxylic acids is 1. The van der Waals surface area contributed by atoms with Gasteiger partial charge < -0.3 is 65.8 Å². The summed E-state index contributed by atoms with van der Waals surface area (Å²) in [6.07, 6.45) is -3.69. The van der Waals surface area contributed by atoms with E-state index < -0.39 is 80.8 Å². The number of aliphatic hydroxyl groups is 2. The molecule has 3 rings (SSSR count). The maximum Gasteiger partial charge on any atom is 0.490 e. The number of hydrogen-bond donors (Lipinski definition) is 11. The zero-order valence-electron chi connectivity index (χ0n) is 21.7. The van der Waals surface area contributed by atoms with Gasteiger partial charge in [-0.3, -0.25) is 13.9 Å². The molecule has 250 valence electrons. The minimum atomic E-state index is -5.70. The number of phosphoric acid groups is 3. The fraction of sp³-hybridized carbons (Fsp3) is 0.500. The largest absolute Gasteiger partial charge is 0.490 e. The van der Waals surface area contributed by atoms with Crippen LogP contribution >= 0.6 is 31.2 Å². The molecule has 1 saturated heterocycles. The molecular formula is C14H26N8O18P4. The number of carbonyl (C=O) groups is 1. The van der Waals surface area contributed by atoms with Crippen molar-refractivity contribution in [3.63, 3.8) is 0 Å². The monoisotopic (exact) mass is 718 g/mol. The average molecular weight is 718 g/mol. The van der Waals surface area contributed by atoms with Crippen LogP contribution in [0.5, 0.6) is 0 Å². The number of nitrogen functional groups attached to an aromatic ring is 1. The third-order valence-corrected chi connectivity index (χ3v) is 9.08. The van der Waals surface area contributed by atoms with E-state index in [1.807, 2.05) is 0 Å². The normalized spacial score (nSPS) is 23.8. The molecule has 30 heteroatoms. The van der Waals surface area contributed by atoms with Crippen molar-refractivity contribution in [3.05, 3.63) is 12.7 Å². The molecule has 44 heavy (non-hydrogen) atoms. The number of guanidine groups is 1. The van der Waals surface area contributed by atoms with Crippen molar-refractivity contribution >= 4 is 60.1 Å². The molecule has 2 aromatic rings. The molecule has 13 N–H and O–H groups in total. The molecule has 3 heterocycles. The SMILES string of the molecule is CN(CC(=O)O)C(N)=NP(=O)(O)O.Nc1ncnc2c1ncn2[C@@H]1O[C@H](COP(=O)(O)OP(=O)(O)OP(=O)(O)O)[C@@H](O)[C@H]1O. The van der Waals surface area contributed by atoms with Crippen LogP contribution in [0.1, 0.15) is 6.23 Å². The van der Waals surface area contributed by atoms with E-state index in [1.54, 1.807) is 0 Å². The van der Waals surface area contributed by atoms with Crippen molar-refractivity contribution in [1.82, 2.24) is 24.4 Å². The number of anilines is 1. The average Bonchev–Trinajstić information content (AvgIpc) is 3.36. The summed E-state index contributed by atoms with van der Waals surface area (Å²) in [5.41, 5.74) is 11.1. The lowest BCUT2D eigenvalue weighted by Crippen LogP contribution is -2.37. The summed E-state index contributed by atoms with van der Waals surface area (Å²) in [6, 6.07) is 0. The Balaban J connectivity index is 0.000000439. The summed E-state index contributed by atoms with van der Waals surface area (Å²) in [6.45, 7) is -1.43. The fourth-order valence-electron chi connectivity index (χ4n) is 3.12. The molecule has 0 radical (unpaired) electrons. The first-order chi connectivity index (χ1) is 19.9. The minimum absolute atomic E-state index is 0.0426. The summed E-state index contributed by atoms with van der Waals surface area (Å²) < 4.78 is 65.0. The number of carboxylic acids is 1. The van der Waals surface area contributed by atoms with Gasteiger partial charge in [0.15, 0.2) is 17.7 Å². The summed E-state index contributed by atoms with van der Waals surface area (Å²) in [5.74, 6) is -1.65. The van der Waals surface area contributed by atoms with E-state index in [2.05, 4.69) is 32.9 Å². The van der Waals surface area contributed by atoms with Crippen molar-refractivity contribution < 1.29 is 85.6 Å². The van der Waals surface area contributed by atoms with Gasteiger partial charge in [-0.15, -0.1) is 4.76 Å². The summed E-state index contributed by atoms with van der Waals surface area (Å²) >= 11 is 0. The zero-order valence-corrected chi connectivity index (χ0v) is 25.3. The van der Waals surface area contributed by atoms with Gasteiger partial charge in [0.25, 0.3) is 0 Å². The van der Waals surface area contributed by atoms with Crippen LogP contribution in [0.4, 0.5) is 5.82 Å². The van der Waals surface area contributed by atoms with E-state index in [-0.39, 0.29) is 17.0 Å². The van der Waals surface area contributed by atoms with Crippen LogP contribution in [0.15, 0.2) is 17.4 Å². The third kappa shape index (κ3) is 11.5. The predicted molar refractivity (Wildman–Crippen MR) is 139 cm³/mol. The standard InChI is InChI=1S/C10H16N5O13P3.C4H10N3O5P/c11-8-5-9(13-2-12-8)15(3-14-5)10-7(17)6(16)4(26-10)1-25-30(21,22)28-31(23,24)27-29(18,19)20;1-7(2-3(8)9)4(5)6-13(10,11)12/h2-4,6-7,10,16-17H,1H2,(H,21,22)(H,23,24)(H2,11,12,13)(H2,18,19,20);2H2,1H3,(H,8,9)(H4,5,6,10,11,12)/t4-,6-,7-,10-;/m1./s1. The molecule has 0 bridgehead atoms. The zero-order chi connectivity index (χ0) is 33.8. The van der Waals surface area contributed by atoms with Gasteiger partial charge in [-0.2, -0.15) is 8.62 Å². The molecule has 0 saturated carbocycles. The molecule has 1 aliphatic heterocycles. The molecule has 0 spiro atoms. The molecular weight excluding hydrogens is 692 g/mol. The Labute approximate surface area is 244 Å². The molecule has 26 nitrogen and oxygen atoms in total. The number of fused-ring (bicyclic) bond motifs is 1. The lowest BCUT2D eigenvalue weighted by Gasteiger charge is -2.19. The van der Waals surface area contributed by atoms with E-state index in [0.717, 1.165) is 11.2 Å². The highest BCUT2D eigenvalue weighted by Gasteiger charge is 2.47. The molecule has 0 aromatic carbocycles. The lowest BCUT2D eigenvalue weighted by molar-refractivity contribution is -0.137. The maximum atomic E-state index is 11.8. The van der Waals surface area contributed by atoms with Crippen LogP contribution in [-0.4, -0.2) is 120 Å². The number of likely N-dealkylation sites (N-methyl/N-ethyl adjacent to an activating group) is 1. The van der Waals surface area contributed by atoms with Crippen LogP contribution in [0.25, 0.3) is 11.2 Å². The molecule has 2 aromatic heterocycles. The molecule has 1 aliphatic rings. The third-order valence-electron chi connectivity index (χ3n) is 4.81. The van der Waals surface area contributed by atoms with E-state index in [4.69, 9.17) is 45.8 Å². The van der Waals surface area contributed by atoms with Gasteiger partial charge in [-0.05, 0) is 0 Å². The van der Waals surface area contributed by atoms with Crippen molar-refractivity contribution in [1.29, 1.82) is 0 Å². The van der Waals surface area contributed by atoms with E-state index in [1.165, 1.54) is 17.9 Å². The number of ether oxygens (including phenoxy) is 1. The number of imidazole rings is 1. The van der Waals surface area contributed by atoms with Gasteiger partial charge in [0.1, 0.15) is 36.7 Å². The Kier molecular flexibility index (Phi) is 12.3. The van der Waals surface area contributed by atoms with Gasteiger partial charge in [0.2, 0.25) is 5.96 Å². The van der Waals surface area contributed by atoms with Crippen LogP contribution in [0.2, 0.25) is 0 Å². The predicted octanol–water partition coefficient (Wildman–Crippen LogP) is -3.22. The van der Waals surface area contributed by atoms with Crippen molar-refractivity contribution in [2.24, 2.45) is 10.5 Å². The number of aromatic nitrogens is 4. The van der Waals surface area contributed by atoms with Crippen LogP contribution in [0, 0.1) is 0 Å². The second-order valence-corrected chi connectivity index (χ2v) is 13.9. The number of nitrogens with zero attached hydrogens (tertiary/aromatic N) is 6. The summed E-state index contributed by atoms with van der Waals surface area (Å²) in [4.78, 5) is 75.0. The first kappa shape index (κ1) is 37.7. The minimum Gasteiger partial charge on any atom is -0.480 e. The number of hydrogen-bond acceptors (Lipinski definition) is 15. The summed E-state index contributed by atoms with van der Waals surface area (Å²) in [7, 11) is -20.0. The second-order valence-electron chi connectivity index (χ2n) is 8.24. The fourth-order valence-corrected chi connectivity index (χ4v) is 6.57. The Hall–Kier alpha value is -2.47. The van der Waals surface area contributed by atoms with Gasteiger partial charge in [-0.25, -0.2) is 33.2 Å². The van der Waals surface area contributed by atoms with Gasteiger partial charge in [0, 0.05) is 7.05 Å². The lowest BCUT2D eigenvalue weighted by atomic mass is 10.1. The highest BCUT2D eigenvalue weighted by Crippen LogP contribution is 2.66. The van der Waals surface area contributed by atoms with Gasteiger partial charge in [-0.1, -0.05) is 0 Å². The van der Waals surface area contributed by atoms with Crippen LogP contribution in [-0.2, 0) is 40.9 Å². The van der Waals surface area contributed by atoms with Gasteiger partial charge in [0.05, 0.1) is 12.9 Å². The Morgan fingerprint density at radius 3 is 2.20 bits per heavy atom. The summed E-state index contributed by atoms with van der Waals surface area (Å²) in [5, 5.41) is 28.7. The molecule has 0 amide bonds. The van der Waals surface area contributed by atoms with Crippen LogP contribution in [0.3, 0.4) is 0 Å². The number of aliphatic hydroxyl groups excluding tert-OH is 2. The van der Waals surface area contributed by atoms with Crippen molar-refractivity contribution in [3.8, 4) is 0 Å².